The Morgan fingerprint density at radius 3 is 2.32 bits per heavy atom. The number of carbonyl (C=O) groups excluding carboxylic acids is 1. The lowest BCUT2D eigenvalue weighted by Gasteiger charge is -2.37. The van der Waals surface area contributed by atoms with E-state index in [1.165, 1.54) is 5.56 Å². The molecule has 4 nitrogen and oxygen atoms in total. The van der Waals surface area contributed by atoms with Gasteiger partial charge in [0.1, 0.15) is 5.75 Å². The first-order chi connectivity index (χ1) is 9.06. The molecule has 0 saturated carbocycles. The summed E-state index contributed by atoms with van der Waals surface area (Å²) < 4.78 is 0. The molecular weight excluding hydrogens is 240 g/mol. The number of carbonyl (C=O) groups is 1. The molecule has 1 aliphatic rings. The molecule has 1 amide bonds. The molecule has 1 aromatic rings. The van der Waals surface area contributed by atoms with Crippen LogP contribution in [0.3, 0.4) is 0 Å². The van der Waals surface area contributed by atoms with Crippen LogP contribution in [0, 0.1) is 0 Å². The lowest BCUT2D eigenvalue weighted by Crippen LogP contribution is -2.51. The monoisotopic (exact) mass is 262 g/mol. The van der Waals surface area contributed by atoms with Gasteiger partial charge in [0.2, 0.25) is 5.91 Å². The van der Waals surface area contributed by atoms with E-state index in [4.69, 9.17) is 0 Å². The van der Waals surface area contributed by atoms with Crippen molar-refractivity contribution >= 4 is 5.91 Å². The highest BCUT2D eigenvalue weighted by molar-refractivity contribution is 5.73. The number of phenols is 1. The molecule has 1 aliphatic heterocycles. The van der Waals surface area contributed by atoms with Crippen LogP contribution in [0.5, 0.6) is 5.75 Å². The van der Waals surface area contributed by atoms with Crippen LogP contribution in [0.25, 0.3) is 0 Å². The molecule has 0 aromatic heterocycles. The molecule has 1 unspecified atom stereocenters. The van der Waals surface area contributed by atoms with Gasteiger partial charge in [-0.05, 0) is 31.0 Å². The minimum absolute atomic E-state index is 0.172. The number of hydrogen-bond acceptors (Lipinski definition) is 3. The molecule has 1 saturated heterocycles. The van der Waals surface area contributed by atoms with Gasteiger partial charge in [0.05, 0.1) is 0 Å². The van der Waals surface area contributed by atoms with Gasteiger partial charge in [-0.3, -0.25) is 9.69 Å². The summed E-state index contributed by atoms with van der Waals surface area (Å²) in [5.41, 5.74) is 1.24. The molecule has 19 heavy (non-hydrogen) atoms. The summed E-state index contributed by atoms with van der Waals surface area (Å²) in [7, 11) is 0. The van der Waals surface area contributed by atoms with E-state index in [0.29, 0.717) is 11.8 Å². The Kier molecular flexibility index (Phi) is 4.43. The van der Waals surface area contributed by atoms with Gasteiger partial charge in [-0.1, -0.05) is 12.1 Å². The highest BCUT2D eigenvalue weighted by atomic mass is 16.3. The molecule has 0 bridgehead atoms. The maximum atomic E-state index is 11.3. The molecule has 4 heteroatoms. The average Bonchev–Trinajstić information content (AvgIpc) is 2.41. The minimum Gasteiger partial charge on any atom is -0.508 e. The van der Waals surface area contributed by atoms with E-state index >= 15 is 0 Å². The standard InChI is InChI=1S/C15H22N2O2/c1-12(11-14-3-5-15(19)6-4-14)16-7-9-17(10-8-16)13(2)18/h3-6,12,19H,7-11H2,1-2H3. The molecule has 1 fully saturated rings. The van der Waals surface area contributed by atoms with E-state index in [2.05, 4.69) is 11.8 Å². The second-order valence-electron chi connectivity index (χ2n) is 5.26. The third kappa shape index (κ3) is 3.70. The van der Waals surface area contributed by atoms with Gasteiger partial charge in [-0.25, -0.2) is 0 Å². The van der Waals surface area contributed by atoms with E-state index in [-0.39, 0.29) is 5.91 Å². The SMILES string of the molecule is CC(=O)N1CCN(C(C)Cc2ccc(O)cc2)CC1. The Labute approximate surface area is 114 Å². The van der Waals surface area contributed by atoms with Crippen molar-refractivity contribution in [3.63, 3.8) is 0 Å². The quantitative estimate of drug-likeness (QED) is 0.897. The van der Waals surface area contributed by atoms with E-state index in [9.17, 15) is 9.90 Å². The Balaban J connectivity index is 1.86. The highest BCUT2D eigenvalue weighted by Crippen LogP contribution is 2.15. The van der Waals surface area contributed by atoms with E-state index in [0.717, 1.165) is 32.6 Å². The number of phenolic OH excluding ortho intramolecular Hbond substituents is 1. The van der Waals surface area contributed by atoms with Crippen molar-refractivity contribution in [2.45, 2.75) is 26.3 Å². The van der Waals surface area contributed by atoms with Gasteiger partial charge < -0.3 is 10.0 Å². The summed E-state index contributed by atoms with van der Waals surface area (Å²) in [6.07, 6.45) is 0.973. The smallest absolute Gasteiger partial charge is 0.219 e. The number of benzene rings is 1. The third-order valence-electron chi connectivity index (χ3n) is 3.85. The second-order valence-corrected chi connectivity index (χ2v) is 5.26. The second kappa shape index (κ2) is 6.06. The molecule has 1 N–H and O–H groups in total. The molecule has 0 spiro atoms. The fourth-order valence-corrected chi connectivity index (χ4v) is 2.58. The van der Waals surface area contributed by atoms with Gasteiger partial charge >= 0.3 is 0 Å². The van der Waals surface area contributed by atoms with Crippen LogP contribution in [-0.4, -0.2) is 53.0 Å². The number of amides is 1. The lowest BCUT2D eigenvalue weighted by molar-refractivity contribution is -0.130. The minimum atomic E-state index is 0.172. The summed E-state index contributed by atoms with van der Waals surface area (Å²) in [5, 5.41) is 9.27. The van der Waals surface area contributed by atoms with Crippen molar-refractivity contribution in [1.29, 1.82) is 0 Å². The Morgan fingerprint density at radius 1 is 1.21 bits per heavy atom. The Bertz CT molecular complexity index is 422. The normalized spacial score (nSPS) is 18.3. The van der Waals surface area contributed by atoms with Crippen molar-refractivity contribution in [2.75, 3.05) is 26.2 Å². The van der Waals surface area contributed by atoms with Crippen molar-refractivity contribution < 1.29 is 9.90 Å². The maximum absolute atomic E-state index is 11.3. The molecule has 0 radical (unpaired) electrons. The molecule has 2 rings (SSSR count). The fraction of sp³-hybridized carbons (Fsp3) is 0.533. The number of piperazine rings is 1. The maximum Gasteiger partial charge on any atom is 0.219 e. The Hall–Kier alpha value is -1.55. The van der Waals surface area contributed by atoms with Crippen LogP contribution in [0.4, 0.5) is 0 Å². The molecular formula is C15H22N2O2. The van der Waals surface area contributed by atoms with Gasteiger partial charge in [0.15, 0.2) is 0 Å². The van der Waals surface area contributed by atoms with Crippen LogP contribution in [-0.2, 0) is 11.2 Å². The molecule has 1 aromatic carbocycles. The van der Waals surface area contributed by atoms with Gasteiger partial charge in [0.25, 0.3) is 0 Å². The van der Waals surface area contributed by atoms with Gasteiger partial charge in [-0.2, -0.15) is 0 Å². The van der Waals surface area contributed by atoms with Crippen LogP contribution in [0.1, 0.15) is 19.4 Å². The van der Waals surface area contributed by atoms with E-state index in [1.807, 2.05) is 17.0 Å². The predicted molar refractivity (Wildman–Crippen MR) is 75.1 cm³/mol. The number of aromatic hydroxyl groups is 1. The first-order valence-electron chi connectivity index (χ1n) is 6.83. The van der Waals surface area contributed by atoms with Gasteiger partial charge in [0, 0.05) is 39.1 Å². The summed E-state index contributed by atoms with van der Waals surface area (Å²) in [4.78, 5) is 15.6. The summed E-state index contributed by atoms with van der Waals surface area (Å²) in [6, 6.07) is 7.86. The van der Waals surface area contributed by atoms with Crippen LogP contribution in [0.2, 0.25) is 0 Å². The third-order valence-corrected chi connectivity index (χ3v) is 3.85. The summed E-state index contributed by atoms with van der Waals surface area (Å²) >= 11 is 0. The Morgan fingerprint density at radius 2 is 1.79 bits per heavy atom. The lowest BCUT2D eigenvalue weighted by atomic mass is 10.1. The van der Waals surface area contributed by atoms with Gasteiger partial charge in [-0.15, -0.1) is 0 Å². The fourth-order valence-electron chi connectivity index (χ4n) is 2.58. The van der Waals surface area contributed by atoms with Crippen molar-refractivity contribution in [2.24, 2.45) is 0 Å². The topological polar surface area (TPSA) is 43.8 Å². The zero-order chi connectivity index (χ0) is 13.8. The highest BCUT2D eigenvalue weighted by Gasteiger charge is 2.22. The van der Waals surface area contributed by atoms with E-state index < -0.39 is 0 Å². The van der Waals surface area contributed by atoms with Crippen molar-refractivity contribution in [1.82, 2.24) is 9.80 Å². The number of rotatable bonds is 3. The summed E-state index contributed by atoms with van der Waals surface area (Å²) in [5.74, 6) is 0.484. The number of nitrogens with zero attached hydrogens (tertiary/aromatic N) is 2. The first kappa shape index (κ1) is 13.9. The average molecular weight is 262 g/mol. The van der Waals surface area contributed by atoms with E-state index in [1.54, 1.807) is 19.1 Å². The zero-order valence-electron chi connectivity index (χ0n) is 11.7. The van der Waals surface area contributed by atoms with Crippen LogP contribution in [0.15, 0.2) is 24.3 Å². The molecule has 1 atom stereocenters. The zero-order valence-corrected chi connectivity index (χ0v) is 11.7. The van der Waals surface area contributed by atoms with Crippen molar-refractivity contribution in [3.8, 4) is 5.75 Å². The largest absolute Gasteiger partial charge is 0.508 e. The van der Waals surface area contributed by atoms with Crippen LogP contribution >= 0.6 is 0 Å². The van der Waals surface area contributed by atoms with Crippen LogP contribution < -0.4 is 0 Å². The molecule has 104 valence electrons. The summed E-state index contributed by atoms with van der Waals surface area (Å²) in [6.45, 7) is 7.40. The predicted octanol–water partition coefficient (Wildman–Crippen LogP) is 1.49. The first-order valence-corrected chi connectivity index (χ1v) is 6.83. The number of hydrogen-bond donors (Lipinski definition) is 1. The van der Waals surface area contributed by atoms with Crippen molar-refractivity contribution in [3.05, 3.63) is 29.8 Å². The molecule has 0 aliphatic carbocycles. The molecule has 1 heterocycles.